The lowest BCUT2D eigenvalue weighted by Gasteiger charge is -2.29. The quantitative estimate of drug-likeness (QED) is 0.628. The Morgan fingerprint density at radius 2 is 2.00 bits per heavy atom. The van der Waals surface area contributed by atoms with Gasteiger partial charge in [0.1, 0.15) is 0 Å². The predicted octanol–water partition coefficient (Wildman–Crippen LogP) is -0.732. The first kappa shape index (κ1) is 15.9. The van der Waals surface area contributed by atoms with Crippen LogP contribution in [0.1, 0.15) is 6.42 Å². The molecule has 1 heterocycles. The van der Waals surface area contributed by atoms with Crippen molar-refractivity contribution in [1.29, 1.82) is 0 Å². The van der Waals surface area contributed by atoms with Crippen LogP contribution in [0.4, 0.5) is 0 Å². The number of carboxylic acid groups (broad SMARTS) is 1. The highest BCUT2D eigenvalue weighted by Crippen LogP contribution is 2.00. The molecule has 0 aromatic rings. The fraction of sp³-hybridized carbons (Fsp3) is 0.833. The molecule has 0 spiro atoms. The Morgan fingerprint density at radius 1 is 1.32 bits per heavy atom. The van der Waals surface area contributed by atoms with Gasteiger partial charge >= 0.3 is 5.97 Å². The highest BCUT2D eigenvalue weighted by Gasteiger charge is 2.19. The zero-order chi connectivity index (χ0) is 14.1. The number of methoxy groups -OCH3 is 1. The van der Waals surface area contributed by atoms with Crippen LogP contribution in [0.15, 0.2) is 0 Å². The summed E-state index contributed by atoms with van der Waals surface area (Å²) in [6.07, 6.45) is 0.0279. The molecular weight excluding hydrogens is 252 g/mol. The highest BCUT2D eigenvalue weighted by atomic mass is 16.5. The first-order valence-corrected chi connectivity index (χ1v) is 6.42. The molecule has 19 heavy (non-hydrogen) atoms. The molecule has 1 rings (SSSR count). The summed E-state index contributed by atoms with van der Waals surface area (Å²) in [5.41, 5.74) is 0. The lowest BCUT2D eigenvalue weighted by atomic mass is 10.3. The normalized spacial score (nSPS) is 15.8. The minimum atomic E-state index is -0.860. The Balaban J connectivity index is 2.39. The fourth-order valence-corrected chi connectivity index (χ4v) is 1.85. The smallest absolute Gasteiger partial charge is 0.304 e. The molecule has 110 valence electrons. The first-order chi connectivity index (χ1) is 9.13. The Morgan fingerprint density at radius 3 is 2.58 bits per heavy atom. The summed E-state index contributed by atoms with van der Waals surface area (Å²) in [4.78, 5) is 26.2. The molecule has 1 aliphatic heterocycles. The lowest BCUT2D eigenvalue weighted by molar-refractivity contribution is -0.140. The number of carbonyl (C=O) groups excluding carboxylic acids is 1. The molecule has 0 saturated carbocycles. The van der Waals surface area contributed by atoms with E-state index in [2.05, 4.69) is 0 Å². The summed E-state index contributed by atoms with van der Waals surface area (Å²) < 4.78 is 10.2. The zero-order valence-corrected chi connectivity index (χ0v) is 11.3. The van der Waals surface area contributed by atoms with Crippen LogP contribution in [-0.4, -0.2) is 86.4 Å². The van der Waals surface area contributed by atoms with Gasteiger partial charge in [-0.25, -0.2) is 0 Å². The third kappa shape index (κ3) is 6.51. The summed E-state index contributed by atoms with van der Waals surface area (Å²) >= 11 is 0. The fourth-order valence-electron chi connectivity index (χ4n) is 1.85. The van der Waals surface area contributed by atoms with Crippen LogP contribution in [0.5, 0.6) is 0 Å². The molecule has 0 aromatic heterocycles. The first-order valence-electron chi connectivity index (χ1n) is 6.42. The van der Waals surface area contributed by atoms with Crippen LogP contribution in [-0.2, 0) is 19.1 Å². The molecule has 0 aliphatic carbocycles. The third-order valence-corrected chi connectivity index (χ3v) is 2.98. The average molecular weight is 274 g/mol. The Hall–Kier alpha value is -1.18. The number of hydrogen-bond donors (Lipinski definition) is 1. The van der Waals surface area contributed by atoms with E-state index in [9.17, 15) is 9.59 Å². The van der Waals surface area contributed by atoms with Crippen LogP contribution in [0.2, 0.25) is 0 Å². The molecule has 1 aliphatic rings. The number of aliphatic carboxylic acids is 1. The number of hydrogen-bond acceptors (Lipinski definition) is 5. The molecule has 0 aromatic carbocycles. The molecule has 1 amide bonds. The van der Waals surface area contributed by atoms with Gasteiger partial charge in [-0.3, -0.25) is 14.5 Å². The number of nitrogens with zero attached hydrogens (tertiary/aromatic N) is 2. The minimum Gasteiger partial charge on any atom is -0.481 e. The number of amides is 1. The van der Waals surface area contributed by atoms with Gasteiger partial charge in [-0.15, -0.1) is 0 Å². The van der Waals surface area contributed by atoms with Gasteiger partial charge in [0.05, 0.1) is 32.8 Å². The van der Waals surface area contributed by atoms with Gasteiger partial charge in [0.25, 0.3) is 0 Å². The second-order valence-electron chi connectivity index (χ2n) is 4.41. The molecular formula is C12H22N2O5. The molecule has 1 N–H and O–H groups in total. The van der Waals surface area contributed by atoms with E-state index in [1.807, 2.05) is 4.90 Å². The van der Waals surface area contributed by atoms with Crippen molar-refractivity contribution in [3.8, 4) is 0 Å². The van der Waals surface area contributed by atoms with Crippen molar-refractivity contribution in [2.75, 3.05) is 59.7 Å². The Kier molecular flexibility index (Phi) is 7.39. The van der Waals surface area contributed by atoms with Gasteiger partial charge < -0.3 is 19.5 Å². The summed E-state index contributed by atoms with van der Waals surface area (Å²) in [7, 11) is 1.58. The molecule has 0 unspecified atom stereocenters. The number of carboxylic acids is 1. The van der Waals surface area contributed by atoms with Crippen molar-refractivity contribution in [2.45, 2.75) is 6.42 Å². The summed E-state index contributed by atoms with van der Waals surface area (Å²) in [5.74, 6) is -0.842. The van der Waals surface area contributed by atoms with Crippen LogP contribution in [0.25, 0.3) is 0 Å². The van der Waals surface area contributed by atoms with Crippen LogP contribution < -0.4 is 0 Å². The predicted molar refractivity (Wildman–Crippen MR) is 68.0 cm³/mol. The second kappa shape index (κ2) is 8.84. The van der Waals surface area contributed by atoms with Crippen molar-refractivity contribution in [3.63, 3.8) is 0 Å². The highest BCUT2D eigenvalue weighted by molar-refractivity contribution is 5.78. The number of rotatable bonds is 8. The molecule has 0 atom stereocenters. The monoisotopic (exact) mass is 274 g/mol. The average Bonchev–Trinajstić information content (AvgIpc) is 2.42. The van der Waals surface area contributed by atoms with Gasteiger partial charge in [0.2, 0.25) is 5.91 Å². The summed E-state index contributed by atoms with van der Waals surface area (Å²) in [6, 6.07) is 0. The van der Waals surface area contributed by atoms with E-state index in [0.29, 0.717) is 46.0 Å². The number of morpholine rings is 1. The van der Waals surface area contributed by atoms with Gasteiger partial charge in [-0.05, 0) is 0 Å². The summed E-state index contributed by atoms with van der Waals surface area (Å²) in [6.45, 7) is 3.98. The molecule has 7 heteroatoms. The second-order valence-corrected chi connectivity index (χ2v) is 4.41. The van der Waals surface area contributed by atoms with Crippen molar-refractivity contribution >= 4 is 11.9 Å². The maximum Gasteiger partial charge on any atom is 0.304 e. The van der Waals surface area contributed by atoms with E-state index in [1.54, 1.807) is 12.0 Å². The van der Waals surface area contributed by atoms with Crippen molar-refractivity contribution in [1.82, 2.24) is 9.80 Å². The van der Waals surface area contributed by atoms with Crippen LogP contribution in [0.3, 0.4) is 0 Å². The van der Waals surface area contributed by atoms with Gasteiger partial charge in [-0.1, -0.05) is 0 Å². The van der Waals surface area contributed by atoms with E-state index in [1.165, 1.54) is 0 Å². The molecule has 0 radical (unpaired) electrons. The van der Waals surface area contributed by atoms with Crippen molar-refractivity contribution in [3.05, 3.63) is 0 Å². The minimum absolute atomic E-state index is 0.0183. The van der Waals surface area contributed by atoms with E-state index >= 15 is 0 Å². The van der Waals surface area contributed by atoms with Crippen LogP contribution >= 0.6 is 0 Å². The van der Waals surface area contributed by atoms with E-state index in [0.717, 1.165) is 0 Å². The van der Waals surface area contributed by atoms with E-state index < -0.39 is 5.97 Å². The number of ether oxygens (including phenoxy) is 2. The Labute approximate surface area is 113 Å². The maximum atomic E-state index is 12.1. The number of carbonyl (C=O) groups is 2. The Bertz CT molecular complexity index is 292. The maximum absolute atomic E-state index is 12.1. The summed E-state index contributed by atoms with van der Waals surface area (Å²) in [5, 5.41) is 8.70. The molecule has 1 saturated heterocycles. The van der Waals surface area contributed by atoms with E-state index in [-0.39, 0.29) is 18.9 Å². The zero-order valence-electron chi connectivity index (χ0n) is 11.3. The lowest BCUT2D eigenvalue weighted by Crippen LogP contribution is -2.46. The van der Waals surface area contributed by atoms with Crippen molar-refractivity contribution in [2.24, 2.45) is 0 Å². The third-order valence-electron chi connectivity index (χ3n) is 2.98. The SMILES string of the molecule is COCCN(CCC(=O)O)CC(=O)N1CCOCC1. The van der Waals surface area contributed by atoms with E-state index in [4.69, 9.17) is 14.6 Å². The van der Waals surface area contributed by atoms with Gasteiger partial charge in [-0.2, -0.15) is 0 Å². The standard InChI is InChI=1S/C12H22N2O5/c1-18-7-4-13(3-2-12(16)17)10-11(15)14-5-8-19-9-6-14/h2-10H2,1H3,(H,16,17). The van der Waals surface area contributed by atoms with Crippen molar-refractivity contribution < 1.29 is 24.2 Å². The topological polar surface area (TPSA) is 79.3 Å². The van der Waals surface area contributed by atoms with Gasteiger partial charge in [0.15, 0.2) is 0 Å². The molecule has 0 bridgehead atoms. The molecule has 1 fully saturated rings. The van der Waals surface area contributed by atoms with Gasteiger partial charge in [0, 0.05) is 33.3 Å². The van der Waals surface area contributed by atoms with Crippen LogP contribution in [0, 0.1) is 0 Å². The molecule has 7 nitrogen and oxygen atoms in total. The largest absolute Gasteiger partial charge is 0.481 e.